The van der Waals surface area contributed by atoms with Crippen LogP contribution in [0.3, 0.4) is 0 Å². The molecule has 0 spiro atoms. The van der Waals surface area contributed by atoms with Crippen molar-refractivity contribution in [1.82, 2.24) is 14.8 Å². The first-order valence-electron chi connectivity index (χ1n) is 10.1. The molecule has 6 heteroatoms. The van der Waals surface area contributed by atoms with Crippen molar-refractivity contribution in [3.8, 4) is 11.4 Å². The quantitative estimate of drug-likeness (QED) is 0.302. The number of hydrogen-bond acceptors (Lipinski definition) is 4. The van der Waals surface area contributed by atoms with Crippen molar-refractivity contribution >= 4 is 33.5 Å². The molecule has 4 rings (SSSR count). The second-order valence-electron chi connectivity index (χ2n) is 7.47. The molecule has 2 aromatic carbocycles. The fourth-order valence-corrected chi connectivity index (χ4v) is 5.13. The van der Waals surface area contributed by atoms with E-state index in [0.29, 0.717) is 6.04 Å². The van der Waals surface area contributed by atoms with E-state index in [1.54, 1.807) is 0 Å². The Kier molecular flexibility index (Phi) is 6.50. The van der Waals surface area contributed by atoms with Gasteiger partial charge in [0.15, 0.2) is 16.8 Å². The van der Waals surface area contributed by atoms with Crippen molar-refractivity contribution in [3.63, 3.8) is 0 Å². The molecule has 1 fully saturated rings. The third kappa shape index (κ3) is 4.64. The molecule has 3 aromatic rings. The van der Waals surface area contributed by atoms with Crippen molar-refractivity contribution in [2.24, 2.45) is 0 Å². The van der Waals surface area contributed by atoms with Crippen LogP contribution in [0.4, 0.5) is 0 Å². The maximum atomic E-state index is 12.9. The van der Waals surface area contributed by atoms with Crippen LogP contribution in [0, 0.1) is 0 Å². The molecule has 0 radical (unpaired) electrons. The molecular formula is C23H24BrN3OS. The molecule has 1 heterocycles. The molecule has 1 aliphatic rings. The maximum absolute atomic E-state index is 12.9. The Labute approximate surface area is 184 Å². The van der Waals surface area contributed by atoms with Crippen LogP contribution in [0.25, 0.3) is 11.4 Å². The third-order valence-electron chi connectivity index (χ3n) is 5.42. The topological polar surface area (TPSA) is 47.8 Å². The van der Waals surface area contributed by atoms with Gasteiger partial charge in [-0.25, -0.2) is 0 Å². The lowest BCUT2D eigenvalue weighted by molar-refractivity contribution is 0.0994. The normalized spacial score (nSPS) is 15.9. The van der Waals surface area contributed by atoms with Crippen molar-refractivity contribution in [1.29, 1.82) is 0 Å². The molecule has 1 unspecified atom stereocenters. The van der Waals surface area contributed by atoms with Crippen molar-refractivity contribution in [3.05, 3.63) is 64.6 Å². The number of halogens is 1. The van der Waals surface area contributed by atoms with Crippen molar-refractivity contribution in [2.75, 3.05) is 0 Å². The van der Waals surface area contributed by atoms with Crippen LogP contribution < -0.4 is 0 Å². The van der Waals surface area contributed by atoms with Crippen molar-refractivity contribution in [2.45, 2.75) is 55.5 Å². The van der Waals surface area contributed by atoms with E-state index in [2.05, 4.69) is 42.8 Å². The highest BCUT2D eigenvalue weighted by Gasteiger charge is 2.26. The minimum atomic E-state index is -0.221. The molecule has 150 valence electrons. The molecule has 29 heavy (non-hydrogen) atoms. The van der Waals surface area contributed by atoms with Crippen LogP contribution in [0.2, 0.25) is 0 Å². The Morgan fingerprint density at radius 3 is 2.41 bits per heavy atom. The van der Waals surface area contributed by atoms with Crippen LogP contribution in [-0.2, 0) is 0 Å². The molecule has 0 amide bonds. The molecule has 0 aliphatic heterocycles. The highest BCUT2D eigenvalue weighted by Crippen LogP contribution is 2.37. The smallest absolute Gasteiger partial charge is 0.192 e. The summed E-state index contributed by atoms with van der Waals surface area (Å²) < 4.78 is 3.32. The summed E-state index contributed by atoms with van der Waals surface area (Å²) in [4.78, 5) is 12.9. The molecule has 1 atom stereocenters. The number of ketones is 1. The average molecular weight is 470 g/mol. The van der Waals surface area contributed by atoms with Crippen LogP contribution in [0.5, 0.6) is 0 Å². The number of thioether (sulfide) groups is 1. The van der Waals surface area contributed by atoms with Gasteiger partial charge in [-0.2, -0.15) is 0 Å². The first-order valence-corrected chi connectivity index (χ1v) is 11.8. The zero-order valence-corrected chi connectivity index (χ0v) is 18.8. The minimum Gasteiger partial charge on any atom is -0.299 e. The van der Waals surface area contributed by atoms with E-state index in [0.717, 1.165) is 39.4 Å². The van der Waals surface area contributed by atoms with Crippen LogP contribution in [0.15, 0.2) is 64.2 Å². The van der Waals surface area contributed by atoms with E-state index >= 15 is 0 Å². The second-order valence-corrected chi connectivity index (χ2v) is 9.69. The standard InChI is InChI=1S/C23H24BrN3OS/c1-16(21(28)17-8-4-2-5-9-17)29-23-26-25-22(18-12-14-19(24)15-13-18)27(23)20-10-6-3-7-11-20/h2,4-5,8-9,12-16,20H,3,6-7,10-11H2,1H3. The lowest BCUT2D eigenvalue weighted by atomic mass is 9.95. The molecular weight excluding hydrogens is 446 g/mol. The summed E-state index contributed by atoms with van der Waals surface area (Å²) in [5.74, 6) is 1.02. The number of rotatable bonds is 6. The maximum Gasteiger partial charge on any atom is 0.192 e. The van der Waals surface area contributed by atoms with Gasteiger partial charge in [0.25, 0.3) is 0 Å². The number of carbonyl (C=O) groups excluding carboxylic acids is 1. The third-order valence-corrected chi connectivity index (χ3v) is 7.00. The molecule has 0 N–H and O–H groups in total. The predicted molar refractivity (Wildman–Crippen MR) is 121 cm³/mol. The highest BCUT2D eigenvalue weighted by molar-refractivity contribution is 9.10. The van der Waals surface area contributed by atoms with E-state index in [1.807, 2.05) is 49.4 Å². The van der Waals surface area contributed by atoms with Gasteiger partial charge in [0.05, 0.1) is 5.25 Å². The van der Waals surface area contributed by atoms with E-state index in [-0.39, 0.29) is 11.0 Å². The summed E-state index contributed by atoms with van der Waals surface area (Å²) in [5.41, 5.74) is 1.80. The average Bonchev–Trinajstić information content (AvgIpc) is 3.18. The summed E-state index contributed by atoms with van der Waals surface area (Å²) in [6.45, 7) is 1.96. The summed E-state index contributed by atoms with van der Waals surface area (Å²) in [6.07, 6.45) is 6.01. The van der Waals surface area contributed by atoms with Gasteiger partial charge in [-0.1, -0.05) is 89.4 Å². The van der Waals surface area contributed by atoms with Gasteiger partial charge < -0.3 is 0 Å². The summed E-state index contributed by atoms with van der Waals surface area (Å²) >= 11 is 5.02. The Hall–Kier alpha value is -1.92. The lowest BCUT2D eigenvalue weighted by Gasteiger charge is -2.26. The molecule has 0 bridgehead atoms. The zero-order chi connectivity index (χ0) is 20.2. The van der Waals surface area contributed by atoms with E-state index in [1.165, 1.54) is 31.0 Å². The van der Waals surface area contributed by atoms with Crippen LogP contribution >= 0.6 is 27.7 Å². The summed E-state index contributed by atoms with van der Waals surface area (Å²) in [6, 6.07) is 18.1. The number of Topliss-reactive ketones (excluding diaryl/α,β-unsaturated/α-hetero) is 1. The summed E-state index contributed by atoms with van der Waals surface area (Å²) in [7, 11) is 0. The largest absolute Gasteiger partial charge is 0.299 e. The molecule has 1 saturated carbocycles. The monoisotopic (exact) mass is 469 g/mol. The van der Waals surface area contributed by atoms with E-state index in [4.69, 9.17) is 0 Å². The molecule has 1 aliphatic carbocycles. The van der Waals surface area contributed by atoms with E-state index in [9.17, 15) is 4.79 Å². The predicted octanol–water partition coefficient (Wildman–Crippen LogP) is 6.58. The van der Waals surface area contributed by atoms with Crippen LogP contribution in [0.1, 0.15) is 55.4 Å². The number of carbonyl (C=O) groups is 1. The summed E-state index contributed by atoms with van der Waals surface area (Å²) in [5, 5.41) is 9.68. The second kappa shape index (κ2) is 9.26. The molecule has 0 saturated heterocycles. The van der Waals surface area contributed by atoms with Gasteiger partial charge in [0.1, 0.15) is 0 Å². The first-order chi connectivity index (χ1) is 14.1. The Balaban J connectivity index is 1.65. The fraction of sp³-hybridized carbons (Fsp3) is 0.348. The number of nitrogens with zero attached hydrogens (tertiary/aromatic N) is 3. The number of aromatic nitrogens is 3. The Bertz CT molecular complexity index is 966. The van der Waals surface area contributed by atoms with Gasteiger partial charge in [-0.15, -0.1) is 10.2 Å². The first kappa shape index (κ1) is 20.4. The van der Waals surface area contributed by atoms with Gasteiger partial charge in [0.2, 0.25) is 0 Å². The molecule has 4 nitrogen and oxygen atoms in total. The van der Waals surface area contributed by atoms with Crippen LogP contribution in [-0.4, -0.2) is 25.8 Å². The Morgan fingerprint density at radius 2 is 1.72 bits per heavy atom. The van der Waals surface area contributed by atoms with Gasteiger partial charge >= 0.3 is 0 Å². The number of benzene rings is 2. The Morgan fingerprint density at radius 1 is 1.03 bits per heavy atom. The van der Waals surface area contributed by atoms with Gasteiger partial charge in [0, 0.05) is 21.6 Å². The fourth-order valence-electron chi connectivity index (χ4n) is 3.87. The zero-order valence-electron chi connectivity index (χ0n) is 16.4. The van der Waals surface area contributed by atoms with E-state index < -0.39 is 0 Å². The highest BCUT2D eigenvalue weighted by atomic mass is 79.9. The lowest BCUT2D eigenvalue weighted by Crippen LogP contribution is -2.18. The number of hydrogen-bond donors (Lipinski definition) is 0. The SMILES string of the molecule is CC(Sc1nnc(-c2ccc(Br)cc2)n1C1CCCCC1)C(=O)c1ccccc1. The molecule has 1 aromatic heterocycles. The minimum absolute atomic E-state index is 0.124. The van der Waals surface area contributed by atoms with Crippen molar-refractivity contribution < 1.29 is 4.79 Å². The van der Waals surface area contributed by atoms with Gasteiger partial charge in [-0.3, -0.25) is 9.36 Å². The van der Waals surface area contributed by atoms with Gasteiger partial charge in [-0.05, 0) is 31.9 Å².